The number of para-hydroxylation sites is 1. The fourth-order valence-electron chi connectivity index (χ4n) is 4.79. The molecule has 0 unspecified atom stereocenters. The molecule has 1 amide bonds. The number of carbonyl (C=O) groups excluding carboxylic acids is 1. The van der Waals surface area contributed by atoms with Crippen molar-refractivity contribution in [1.82, 2.24) is 19.8 Å². The van der Waals surface area contributed by atoms with Gasteiger partial charge in [-0.2, -0.15) is 13.2 Å². The first-order chi connectivity index (χ1) is 20.4. The summed E-state index contributed by atoms with van der Waals surface area (Å²) in [6.07, 6.45) is -3.04. The zero-order chi connectivity index (χ0) is 30.7. The molecule has 1 saturated heterocycles. The maximum atomic E-state index is 14.1. The third kappa shape index (κ3) is 7.82. The summed E-state index contributed by atoms with van der Waals surface area (Å²) in [7, 11) is 2.01. The first kappa shape index (κ1) is 30.7. The van der Waals surface area contributed by atoms with Gasteiger partial charge < -0.3 is 20.9 Å². The average Bonchev–Trinajstić information content (AvgIpc) is 3.40. The standard InChI is InChI=1S/C30H31ClF3N7OS/c1-18-5-4-6-24(31)27(18)39-28(42)25-16-35-29(43-25)38-26-15-22(13-19(2)36-26)37-21-8-7-20(23(14-21)30(32,33)34)17-41-11-9-40(3)10-12-41/h4-8,13-16H,9-12,17H2,1-3H3,(H,39,42)(H2,35,36,37,38). The molecule has 0 atom stereocenters. The van der Waals surface area contributed by atoms with E-state index in [1.807, 2.05) is 24.9 Å². The molecule has 4 aromatic rings. The first-order valence-corrected chi connectivity index (χ1v) is 14.8. The second-order valence-electron chi connectivity index (χ2n) is 10.5. The third-order valence-corrected chi connectivity index (χ3v) is 8.30. The Labute approximate surface area is 256 Å². The van der Waals surface area contributed by atoms with Crippen molar-refractivity contribution in [3.05, 3.63) is 87.0 Å². The molecule has 3 heterocycles. The van der Waals surface area contributed by atoms with Crippen LogP contribution < -0.4 is 16.0 Å². The molecule has 43 heavy (non-hydrogen) atoms. The maximum absolute atomic E-state index is 14.1. The van der Waals surface area contributed by atoms with Crippen molar-refractivity contribution in [1.29, 1.82) is 0 Å². The van der Waals surface area contributed by atoms with Crippen molar-refractivity contribution < 1.29 is 18.0 Å². The van der Waals surface area contributed by atoms with E-state index in [2.05, 4.69) is 30.8 Å². The molecule has 2 aromatic heterocycles. The Morgan fingerprint density at radius 1 is 1.02 bits per heavy atom. The largest absolute Gasteiger partial charge is 0.416 e. The van der Waals surface area contributed by atoms with Gasteiger partial charge in [-0.3, -0.25) is 9.69 Å². The SMILES string of the molecule is Cc1cc(Nc2ccc(CN3CCN(C)CC3)c(C(F)(F)F)c2)cc(Nc2ncc(C(=O)Nc3c(C)cccc3Cl)s2)n1. The molecule has 3 N–H and O–H groups in total. The predicted octanol–water partition coefficient (Wildman–Crippen LogP) is 7.31. The van der Waals surface area contributed by atoms with Crippen LogP contribution in [-0.4, -0.2) is 58.9 Å². The lowest BCUT2D eigenvalue weighted by Gasteiger charge is -2.33. The molecule has 2 aromatic carbocycles. The lowest BCUT2D eigenvalue weighted by Crippen LogP contribution is -2.44. The molecule has 1 aliphatic rings. The van der Waals surface area contributed by atoms with E-state index in [-0.39, 0.29) is 18.0 Å². The molecule has 0 radical (unpaired) electrons. The summed E-state index contributed by atoms with van der Waals surface area (Å²) < 4.78 is 42.2. The molecule has 5 rings (SSSR count). The normalized spacial score (nSPS) is 14.5. The van der Waals surface area contributed by atoms with Gasteiger partial charge >= 0.3 is 6.18 Å². The van der Waals surface area contributed by atoms with E-state index in [0.29, 0.717) is 43.6 Å². The van der Waals surface area contributed by atoms with Crippen LogP contribution in [-0.2, 0) is 12.7 Å². The number of aromatic nitrogens is 2. The second-order valence-corrected chi connectivity index (χ2v) is 11.9. The Balaban J connectivity index is 1.29. The molecule has 0 bridgehead atoms. The number of benzene rings is 2. The molecule has 0 aliphatic carbocycles. The van der Waals surface area contributed by atoms with Gasteiger partial charge in [-0.05, 0) is 56.3 Å². The zero-order valence-electron chi connectivity index (χ0n) is 23.8. The van der Waals surface area contributed by atoms with Crippen LogP contribution in [0.5, 0.6) is 0 Å². The summed E-state index contributed by atoms with van der Waals surface area (Å²) in [6.45, 7) is 7.00. The predicted molar refractivity (Wildman–Crippen MR) is 166 cm³/mol. The van der Waals surface area contributed by atoms with Gasteiger partial charge in [0.2, 0.25) is 0 Å². The number of anilines is 5. The minimum atomic E-state index is -4.49. The Morgan fingerprint density at radius 3 is 2.51 bits per heavy atom. The van der Waals surface area contributed by atoms with Crippen LogP contribution >= 0.6 is 22.9 Å². The molecule has 8 nitrogen and oxygen atoms in total. The summed E-state index contributed by atoms with van der Waals surface area (Å²) in [5.41, 5.74) is 2.48. The molecule has 1 fully saturated rings. The van der Waals surface area contributed by atoms with Crippen LogP contribution in [0.25, 0.3) is 0 Å². The Kier molecular flexibility index (Phi) is 9.21. The van der Waals surface area contributed by atoms with Crippen LogP contribution in [0.4, 0.5) is 41.2 Å². The molecular weight excluding hydrogens is 599 g/mol. The number of carbonyl (C=O) groups is 1. The highest BCUT2D eigenvalue weighted by Crippen LogP contribution is 2.36. The van der Waals surface area contributed by atoms with Crippen molar-refractivity contribution in [2.24, 2.45) is 0 Å². The Hall–Kier alpha value is -3.71. The summed E-state index contributed by atoms with van der Waals surface area (Å²) >= 11 is 7.36. The highest BCUT2D eigenvalue weighted by molar-refractivity contribution is 7.17. The Morgan fingerprint density at radius 2 is 1.79 bits per heavy atom. The monoisotopic (exact) mass is 629 g/mol. The van der Waals surface area contributed by atoms with Crippen molar-refractivity contribution in [2.75, 3.05) is 49.2 Å². The fourth-order valence-corrected chi connectivity index (χ4v) is 5.77. The van der Waals surface area contributed by atoms with Gasteiger partial charge in [0.05, 0.1) is 22.5 Å². The summed E-state index contributed by atoms with van der Waals surface area (Å²) in [6, 6.07) is 13.1. The van der Waals surface area contributed by atoms with Crippen LogP contribution in [0.1, 0.15) is 32.1 Å². The van der Waals surface area contributed by atoms with Crippen molar-refractivity contribution >= 4 is 56.9 Å². The third-order valence-electron chi connectivity index (χ3n) is 7.07. The van der Waals surface area contributed by atoms with E-state index in [4.69, 9.17) is 11.6 Å². The number of pyridine rings is 1. The van der Waals surface area contributed by atoms with Crippen molar-refractivity contribution in [3.63, 3.8) is 0 Å². The van der Waals surface area contributed by atoms with E-state index in [1.165, 1.54) is 6.20 Å². The molecule has 0 spiro atoms. The van der Waals surface area contributed by atoms with Gasteiger partial charge in [-0.1, -0.05) is 41.1 Å². The number of alkyl halides is 3. The topological polar surface area (TPSA) is 85.4 Å². The number of nitrogens with zero attached hydrogens (tertiary/aromatic N) is 4. The van der Waals surface area contributed by atoms with Gasteiger partial charge in [0.1, 0.15) is 10.7 Å². The second kappa shape index (κ2) is 12.9. The van der Waals surface area contributed by atoms with E-state index >= 15 is 0 Å². The number of nitrogens with one attached hydrogen (secondary N) is 3. The smallest absolute Gasteiger partial charge is 0.355 e. The number of likely N-dealkylation sites (N-methyl/N-ethyl adjacent to an activating group) is 1. The van der Waals surface area contributed by atoms with Gasteiger partial charge in [0.15, 0.2) is 5.13 Å². The van der Waals surface area contributed by atoms with Crippen LogP contribution in [0, 0.1) is 13.8 Å². The fraction of sp³-hybridized carbons (Fsp3) is 0.300. The Bertz CT molecular complexity index is 1600. The number of thiazole rings is 1. The van der Waals surface area contributed by atoms with Crippen LogP contribution in [0.15, 0.2) is 54.7 Å². The lowest BCUT2D eigenvalue weighted by molar-refractivity contribution is -0.138. The highest BCUT2D eigenvalue weighted by atomic mass is 35.5. The number of piperazine rings is 1. The van der Waals surface area contributed by atoms with E-state index in [1.54, 1.807) is 43.3 Å². The first-order valence-electron chi connectivity index (χ1n) is 13.6. The van der Waals surface area contributed by atoms with Crippen molar-refractivity contribution in [3.8, 4) is 0 Å². The van der Waals surface area contributed by atoms with Crippen LogP contribution in [0.2, 0.25) is 5.02 Å². The minimum Gasteiger partial charge on any atom is -0.355 e. The van der Waals surface area contributed by atoms with Crippen molar-refractivity contribution in [2.45, 2.75) is 26.6 Å². The average molecular weight is 630 g/mol. The van der Waals surface area contributed by atoms with Gasteiger partial charge in [-0.25, -0.2) is 9.97 Å². The molecule has 226 valence electrons. The van der Waals surface area contributed by atoms with Gasteiger partial charge in [0, 0.05) is 55.9 Å². The lowest BCUT2D eigenvalue weighted by atomic mass is 10.0. The number of amides is 1. The minimum absolute atomic E-state index is 0.247. The number of hydrogen-bond donors (Lipinski definition) is 3. The highest BCUT2D eigenvalue weighted by Gasteiger charge is 2.34. The molecule has 13 heteroatoms. The number of rotatable bonds is 8. The molecular formula is C30H31ClF3N7OS. The van der Waals surface area contributed by atoms with Crippen LogP contribution in [0.3, 0.4) is 0 Å². The summed E-state index contributed by atoms with van der Waals surface area (Å²) in [4.78, 5) is 26.1. The zero-order valence-corrected chi connectivity index (χ0v) is 25.4. The number of aryl methyl sites for hydroxylation is 2. The van der Waals surface area contributed by atoms with Gasteiger partial charge in [0.25, 0.3) is 5.91 Å². The maximum Gasteiger partial charge on any atom is 0.416 e. The van der Waals surface area contributed by atoms with E-state index < -0.39 is 11.7 Å². The number of halogens is 4. The van der Waals surface area contributed by atoms with E-state index in [0.717, 1.165) is 49.1 Å². The summed E-state index contributed by atoms with van der Waals surface area (Å²) in [5, 5.41) is 9.86. The molecule has 1 aliphatic heterocycles. The number of hydrogen-bond acceptors (Lipinski definition) is 8. The van der Waals surface area contributed by atoms with E-state index in [9.17, 15) is 18.0 Å². The quantitative estimate of drug-likeness (QED) is 0.188. The molecule has 0 saturated carbocycles. The summed E-state index contributed by atoms with van der Waals surface area (Å²) in [5.74, 6) is 0.0753. The van der Waals surface area contributed by atoms with Gasteiger partial charge in [-0.15, -0.1) is 0 Å².